The molecule has 1 saturated heterocycles. The smallest absolute Gasteiger partial charge is 0.410 e. The number of alkyl carbamates (subject to hydrolysis) is 1. The number of hydrogen-bond donors (Lipinski definition) is 1. The van der Waals surface area contributed by atoms with Crippen LogP contribution >= 0.6 is 0 Å². The maximum Gasteiger partial charge on any atom is 0.410 e. The quantitative estimate of drug-likeness (QED) is 0.839. The minimum atomic E-state index is -0.850. The zero-order valence-electron chi connectivity index (χ0n) is 17.1. The molecule has 27 heavy (non-hydrogen) atoms. The van der Waals surface area contributed by atoms with Crippen LogP contribution in [0.1, 0.15) is 52.7 Å². The summed E-state index contributed by atoms with van der Waals surface area (Å²) in [7, 11) is 0. The van der Waals surface area contributed by atoms with Gasteiger partial charge in [0.15, 0.2) is 0 Å². The summed E-state index contributed by atoms with van der Waals surface area (Å²) in [4.78, 5) is 26.2. The molecule has 0 unspecified atom stereocenters. The number of hydrogen-bond acceptors (Lipinski definition) is 4. The van der Waals surface area contributed by atoms with E-state index in [1.165, 1.54) is 17.0 Å². The van der Waals surface area contributed by atoms with Crippen LogP contribution in [0.25, 0.3) is 0 Å². The fraction of sp³-hybridized carbons (Fsp3) is 0.600. The molecule has 2 rings (SSSR count). The number of carbonyl (C=O) groups is 2. The third-order valence-electron chi connectivity index (χ3n) is 4.02. The molecule has 0 saturated carbocycles. The average molecular weight is 380 g/mol. The van der Waals surface area contributed by atoms with Crippen molar-refractivity contribution in [3.63, 3.8) is 0 Å². The summed E-state index contributed by atoms with van der Waals surface area (Å²) in [5, 5.41) is 2.88. The number of nitrogens with zero attached hydrogens (tertiary/aromatic N) is 1. The van der Waals surface area contributed by atoms with E-state index in [2.05, 4.69) is 5.32 Å². The van der Waals surface area contributed by atoms with E-state index in [0.29, 0.717) is 5.56 Å². The normalized spacial score (nSPS) is 16.4. The molecule has 1 aliphatic rings. The van der Waals surface area contributed by atoms with E-state index >= 15 is 0 Å². The van der Waals surface area contributed by atoms with Gasteiger partial charge in [-0.15, -0.1) is 0 Å². The Hall–Kier alpha value is -2.31. The fourth-order valence-corrected chi connectivity index (χ4v) is 3.04. The number of carbonyl (C=O) groups excluding carboxylic acids is 2. The maximum absolute atomic E-state index is 13.5. The first-order valence-electron chi connectivity index (χ1n) is 8.96. The Balaban J connectivity index is 2.24. The molecule has 0 spiro atoms. The topological polar surface area (TPSA) is 67.9 Å². The Morgan fingerprint density at radius 1 is 1.07 bits per heavy atom. The molecule has 0 atom stereocenters. The second-order valence-corrected chi connectivity index (χ2v) is 9.00. The van der Waals surface area contributed by atoms with Crippen LogP contribution in [0.15, 0.2) is 18.2 Å². The third-order valence-corrected chi connectivity index (χ3v) is 4.02. The lowest BCUT2D eigenvalue weighted by Crippen LogP contribution is -2.69. The van der Waals surface area contributed by atoms with E-state index in [0.717, 1.165) is 5.56 Å². The second-order valence-electron chi connectivity index (χ2n) is 9.00. The lowest BCUT2D eigenvalue weighted by Gasteiger charge is -2.50. The minimum absolute atomic E-state index is 0.216. The van der Waals surface area contributed by atoms with Crippen molar-refractivity contribution in [2.45, 2.75) is 65.2 Å². The number of nitrogens with one attached hydrogen (secondary N) is 1. The van der Waals surface area contributed by atoms with Crippen molar-refractivity contribution in [3.8, 4) is 0 Å². The Labute approximate surface area is 160 Å². The molecule has 1 fully saturated rings. The van der Waals surface area contributed by atoms with Crippen LogP contribution in [-0.2, 0) is 15.0 Å². The van der Waals surface area contributed by atoms with Gasteiger partial charge in [-0.1, -0.05) is 6.07 Å². The average Bonchev–Trinajstić information content (AvgIpc) is 2.38. The Bertz CT molecular complexity index is 728. The van der Waals surface area contributed by atoms with E-state index in [1.54, 1.807) is 54.5 Å². The summed E-state index contributed by atoms with van der Waals surface area (Å²) in [5.74, 6) is -0.355. The molecule has 0 radical (unpaired) electrons. The van der Waals surface area contributed by atoms with Gasteiger partial charge < -0.3 is 19.7 Å². The van der Waals surface area contributed by atoms with E-state index in [4.69, 9.17) is 9.47 Å². The van der Waals surface area contributed by atoms with E-state index in [9.17, 15) is 14.0 Å². The highest BCUT2D eigenvalue weighted by atomic mass is 19.1. The predicted molar refractivity (Wildman–Crippen MR) is 100.0 cm³/mol. The zero-order valence-corrected chi connectivity index (χ0v) is 17.1. The van der Waals surface area contributed by atoms with Crippen LogP contribution in [-0.4, -0.2) is 41.4 Å². The number of ether oxygens (including phenoxy) is 2. The summed E-state index contributed by atoms with van der Waals surface area (Å²) in [6, 6.07) is 4.38. The minimum Gasteiger partial charge on any atom is -0.444 e. The fourth-order valence-electron chi connectivity index (χ4n) is 3.04. The largest absolute Gasteiger partial charge is 0.444 e. The van der Waals surface area contributed by atoms with E-state index in [-0.39, 0.29) is 18.9 Å². The molecule has 1 N–H and O–H groups in total. The highest BCUT2D eigenvalue weighted by Crippen LogP contribution is 2.35. The van der Waals surface area contributed by atoms with Crippen LogP contribution in [0.4, 0.5) is 14.0 Å². The molecule has 0 bridgehead atoms. The van der Waals surface area contributed by atoms with E-state index in [1.807, 2.05) is 0 Å². The van der Waals surface area contributed by atoms with Crippen molar-refractivity contribution in [3.05, 3.63) is 35.1 Å². The number of likely N-dealkylation sites (tertiary alicyclic amines) is 1. The summed E-state index contributed by atoms with van der Waals surface area (Å²) in [5.41, 5.74) is -0.682. The molecular weight excluding hydrogens is 351 g/mol. The van der Waals surface area contributed by atoms with Gasteiger partial charge in [0.1, 0.15) is 22.6 Å². The monoisotopic (exact) mass is 380 g/mol. The molecule has 0 aromatic heterocycles. The first-order chi connectivity index (χ1) is 12.2. The van der Waals surface area contributed by atoms with Crippen LogP contribution < -0.4 is 5.32 Å². The first-order valence-corrected chi connectivity index (χ1v) is 8.96. The van der Waals surface area contributed by atoms with Gasteiger partial charge in [0.2, 0.25) is 0 Å². The van der Waals surface area contributed by atoms with Gasteiger partial charge in [0.05, 0.1) is 13.1 Å². The molecule has 1 aromatic carbocycles. The summed E-state index contributed by atoms with van der Waals surface area (Å²) >= 11 is 0. The van der Waals surface area contributed by atoms with Gasteiger partial charge in [-0.3, -0.25) is 0 Å². The van der Waals surface area contributed by atoms with Crippen LogP contribution in [0.3, 0.4) is 0 Å². The van der Waals surface area contributed by atoms with Crippen molar-refractivity contribution in [1.29, 1.82) is 0 Å². The standard InChI is InChI=1S/C20H29FN2O4/c1-13-10-14(21)8-9-15(13)20(22-16(24)26-18(2,3)4)11-23(12-20)17(25)27-19(5,6)7/h8-10H,11-12H2,1-7H3,(H,22,24). The number of benzene rings is 1. The number of halogens is 1. The number of rotatable bonds is 2. The van der Waals surface area contributed by atoms with Gasteiger partial charge >= 0.3 is 12.2 Å². The summed E-state index contributed by atoms with van der Waals surface area (Å²) in [6.45, 7) is 12.9. The zero-order chi connectivity index (χ0) is 20.6. The van der Waals surface area contributed by atoms with Crippen molar-refractivity contribution < 1.29 is 23.5 Å². The SMILES string of the molecule is Cc1cc(F)ccc1C1(NC(=O)OC(C)(C)C)CN(C(=O)OC(C)(C)C)C1. The van der Waals surface area contributed by atoms with Crippen LogP contribution in [0.5, 0.6) is 0 Å². The number of aryl methyl sites for hydroxylation is 1. The molecule has 7 heteroatoms. The lowest BCUT2D eigenvalue weighted by molar-refractivity contribution is -0.0231. The third kappa shape index (κ3) is 5.34. The van der Waals surface area contributed by atoms with Crippen molar-refractivity contribution in [2.24, 2.45) is 0 Å². The van der Waals surface area contributed by atoms with Crippen LogP contribution in [0, 0.1) is 12.7 Å². The predicted octanol–water partition coefficient (Wildman–Crippen LogP) is 4.10. The van der Waals surface area contributed by atoms with Gasteiger partial charge in [-0.2, -0.15) is 0 Å². The summed E-state index contributed by atoms with van der Waals surface area (Å²) < 4.78 is 24.3. The van der Waals surface area contributed by atoms with Crippen molar-refractivity contribution >= 4 is 12.2 Å². The number of amides is 2. The second kappa shape index (κ2) is 7.02. The van der Waals surface area contributed by atoms with Crippen LogP contribution in [0.2, 0.25) is 0 Å². The molecule has 1 aromatic rings. The molecule has 0 aliphatic carbocycles. The highest BCUT2D eigenvalue weighted by molar-refractivity contribution is 5.73. The van der Waals surface area contributed by atoms with Crippen molar-refractivity contribution in [1.82, 2.24) is 10.2 Å². The Morgan fingerprint density at radius 2 is 1.63 bits per heavy atom. The maximum atomic E-state index is 13.5. The summed E-state index contributed by atoms with van der Waals surface area (Å²) in [6.07, 6.45) is -1.04. The van der Waals surface area contributed by atoms with Gasteiger partial charge in [0, 0.05) is 0 Å². The first kappa shape index (κ1) is 21.0. The molecule has 150 valence electrons. The lowest BCUT2D eigenvalue weighted by atomic mass is 9.80. The molecule has 2 amide bonds. The van der Waals surface area contributed by atoms with Gasteiger partial charge in [0.25, 0.3) is 0 Å². The van der Waals surface area contributed by atoms with Crippen molar-refractivity contribution in [2.75, 3.05) is 13.1 Å². The Kier molecular flexibility index (Phi) is 5.46. The molecule has 6 nitrogen and oxygen atoms in total. The molecular formula is C20H29FN2O4. The van der Waals surface area contributed by atoms with E-state index < -0.39 is 28.9 Å². The van der Waals surface area contributed by atoms with Gasteiger partial charge in [-0.05, 0) is 71.7 Å². The van der Waals surface area contributed by atoms with Gasteiger partial charge in [-0.25, -0.2) is 14.0 Å². The molecule has 1 aliphatic heterocycles. The Morgan fingerprint density at radius 3 is 2.11 bits per heavy atom. The highest BCUT2D eigenvalue weighted by Gasteiger charge is 2.50. The molecule has 1 heterocycles.